The van der Waals surface area contributed by atoms with Crippen LogP contribution in [0.4, 0.5) is 15.0 Å². The van der Waals surface area contributed by atoms with E-state index >= 15 is 4.39 Å². The Bertz CT molecular complexity index is 1850. The average molecular weight is 660 g/mol. The maximum atomic E-state index is 15.0. The molecular formula is C36H46FN7O4. The summed E-state index contributed by atoms with van der Waals surface area (Å²) < 4.78 is 24.6. The molecule has 2 atom stereocenters. The molecule has 4 aromatic heterocycles. The van der Waals surface area contributed by atoms with Crippen LogP contribution in [-0.4, -0.2) is 103 Å². The summed E-state index contributed by atoms with van der Waals surface area (Å²) in [5.74, 6) is 1.26. The second-order valence-corrected chi connectivity index (χ2v) is 14.8. The van der Waals surface area contributed by atoms with Gasteiger partial charge >= 0.3 is 6.09 Å². The van der Waals surface area contributed by atoms with Crippen molar-refractivity contribution in [2.45, 2.75) is 90.2 Å². The van der Waals surface area contributed by atoms with Gasteiger partial charge in [0, 0.05) is 62.4 Å². The summed E-state index contributed by atoms with van der Waals surface area (Å²) in [7, 11) is 1.78. The minimum absolute atomic E-state index is 0.0611. The molecule has 256 valence electrons. The lowest BCUT2D eigenvalue weighted by Crippen LogP contribution is -2.59. The molecule has 11 nitrogen and oxygen atoms in total. The minimum atomic E-state index is -1.32. The quantitative estimate of drug-likeness (QED) is 0.259. The number of amides is 2. The standard InChI is InChI=1S/C36H46FN7O4/c1-22-29-10-8-25(34(45)41-20-26(37)17-27(21-41)44(35(46)47)36(2,3)4)19-43(29)39-32(22)30-16-24-9-11-31(40-14-12-28(48-5)13-15-40)38-33(24)42(30)18-23-6-7-23/h8-11,16,19,23,26-28H,6-7,12-15,17-18,20-21H2,1-5H3,(H,46,47)/t26-,27-/m1/s1. The maximum absolute atomic E-state index is 15.0. The van der Waals surface area contributed by atoms with E-state index in [0.29, 0.717) is 17.6 Å². The molecule has 0 aromatic carbocycles. The van der Waals surface area contributed by atoms with Gasteiger partial charge < -0.3 is 24.2 Å². The van der Waals surface area contributed by atoms with Crippen LogP contribution in [0.1, 0.15) is 68.8 Å². The summed E-state index contributed by atoms with van der Waals surface area (Å²) in [6, 6.07) is 9.44. The molecule has 0 bridgehead atoms. The summed E-state index contributed by atoms with van der Waals surface area (Å²) in [6.07, 6.45) is 4.01. The first-order chi connectivity index (χ1) is 22.9. The zero-order valence-electron chi connectivity index (χ0n) is 28.5. The van der Waals surface area contributed by atoms with Gasteiger partial charge in [0.05, 0.1) is 35.5 Å². The van der Waals surface area contributed by atoms with Crippen LogP contribution < -0.4 is 4.90 Å². The van der Waals surface area contributed by atoms with E-state index in [2.05, 4.69) is 27.7 Å². The number of rotatable bonds is 7. The highest BCUT2D eigenvalue weighted by molar-refractivity contribution is 5.95. The van der Waals surface area contributed by atoms with Gasteiger partial charge in [0.2, 0.25) is 0 Å². The Hall–Kier alpha value is -4.19. The van der Waals surface area contributed by atoms with Crippen LogP contribution in [0, 0.1) is 12.8 Å². The van der Waals surface area contributed by atoms with Gasteiger partial charge in [-0.2, -0.15) is 5.10 Å². The van der Waals surface area contributed by atoms with Crippen molar-refractivity contribution in [3.8, 4) is 11.4 Å². The number of aryl methyl sites for hydroxylation is 1. The van der Waals surface area contributed by atoms with Gasteiger partial charge in [-0.05, 0) is 89.6 Å². The molecule has 2 aliphatic heterocycles. The van der Waals surface area contributed by atoms with Crippen LogP contribution in [-0.2, 0) is 11.3 Å². The van der Waals surface area contributed by atoms with Crippen molar-refractivity contribution in [3.63, 3.8) is 0 Å². The van der Waals surface area contributed by atoms with Gasteiger partial charge in [0.1, 0.15) is 23.3 Å². The van der Waals surface area contributed by atoms with Crippen molar-refractivity contribution in [1.82, 2.24) is 29.0 Å². The number of hydrogen-bond acceptors (Lipinski definition) is 6. The largest absolute Gasteiger partial charge is 0.465 e. The first-order valence-electron chi connectivity index (χ1n) is 17.1. The fourth-order valence-corrected chi connectivity index (χ4v) is 7.64. The number of hydrogen-bond donors (Lipinski definition) is 1. The zero-order chi connectivity index (χ0) is 33.9. The van der Waals surface area contributed by atoms with Gasteiger partial charge in [-0.15, -0.1) is 0 Å². The molecule has 4 aromatic rings. The Morgan fingerprint density at radius 3 is 2.50 bits per heavy atom. The van der Waals surface area contributed by atoms with Gasteiger partial charge in [0.25, 0.3) is 5.91 Å². The Morgan fingerprint density at radius 1 is 1.08 bits per heavy atom. The molecule has 7 rings (SSSR count). The van der Waals surface area contributed by atoms with E-state index in [1.54, 1.807) is 44.7 Å². The number of carboxylic acid groups (broad SMARTS) is 1. The second-order valence-electron chi connectivity index (χ2n) is 14.8. The van der Waals surface area contributed by atoms with E-state index in [0.717, 1.165) is 71.8 Å². The number of carbonyl (C=O) groups is 2. The number of alkyl halides is 1. The number of fused-ring (bicyclic) bond motifs is 2. The lowest BCUT2D eigenvalue weighted by Gasteiger charge is -2.45. The molecule has 3 fully saturated rings. The predicted octanol–water partition coefficient (Wildman–Crippen LogP) is 6.02. The highest BCUT2D eigenvalue weighted by Crippen LogP contribution is 2.37. The number of nitrogens with zero attached hydrogens (tertiary/aromatic N) is 7. The molecule has 1 N–H and O–H groups in total. The molecule has 0 radical (unpaired) electrons. The van der Waals surface area contributed by atoms with E-state index in [1.165, 1.54) is 22.6 Å². The molecule has 0 spiro atoms. The summed E-state index contributed by atoms with van der Waals surface area (Å²) >= 11 is 0. The topological polar surface area (TPSA) is 108 Å². The minimum Gasteiger partial charge on any atom is -0.465 e. The van der Waals surface area contributed by atoms with E-state index in [1.807, 2.05) is 13.0 Å². The summed E-state index contributed by atoms with van der Waals surface area (Å²) in [6.45, 7) is 10.2. The lowest BCUT2D eigenvalue weighted by atomic mass is 9.96. The number of halogens is 1. The van der Waals surface area contributed by atoms with Gasteiger partial charge in [-0.1, -0.05) is 0 Å². The fourth-order valence-electron chi connectivity index (χ4n) is 7.64. The third kappa shape index (κ3) is 6.10. The monoisotopic (exact) mass is 659 g/mol. The Labute approximate surface area is 280 Å². The predicted molar refractivity (Wildman–Crippen MR) is 182 cm³/mol. The SMILES string of the molecule is COC1CCN(c2ccc3cc(-c4nn5cc(C(=O)N6C[C@H](F)C[C@@H](N(C(=O)O)C(C)(C)C)C6)ccc5c4C)n(CC4CC4)c3n2)CC1. The van der Waals surface area contributed by atoms with Gasteiger partial charge in [-0.25, -0.2) is 18.7 Å². The molecule has 1 saturated carbocycles. The molecule has 12 heteroatoms. The number of piperidine rings is 2. The number of likely N-dealkylation sites (tertiary alicyclic amines) is 1. The molecular weight excluding hydrogens is 613 g/mol. The zero-order valence-corrected chi connectivity index (χ0v) is 28.5. The Morgan fingerprint density at radius 2 is 1.83 bits per heavy atom. The van der Waals surface area contributed by atoms with Crippen LogP contribution in [0.3, 0.4) is 0 Å². The van der Waals surface area contributed by atoms with Crippen LogP contribution in [0.15, 0.2) is 36.5 Å². The summed E-state index contributed by atoms with van der Waals surface area (Å²) in [4.78, 5) is 36.1. The lowest BCUT2D eigenvalue weighted by molar-refractivity contribution is 0.0125. The van der Waals surface area contributed by atoms with Crippen molar-refractivity contribution in [2.75, 3.05) is 38.2 Å². The van der Waals surface area contributed by atoms with Gasteiger partial charge in [-0.3, -0.25) is 9.69 Å². The first kappa shape index (κ1) is 32.4. The van der Waals surface area contributed by atoms with E-state index < -0.39 is 23.8 Å². The molecule has 0 unspecified atom stereocenters. The van der Waals surface area contributed by atoms with E-state index in [9.17, 15) is 14.7 Å². The number of anilines is 1. The smallest absolute Gasteiger partial charge is 0.408 e. The van der Waals surface area contributed by atoms with Crippen LogP contribution in [0.2, 0.25) is 0 Å². The van der Waals surface area contributed by atoms with Gasteiger partial charge in [0.15, 0.2) is 0 Å². The fraction of sp³-hybridized carbons (Fsp3) is 0.556. The van der Waals surface area contributed by atoms with E-state index in [-0.39, 0.29) is 25.4 Å². The molecule has 3 aliphatic rings. The van der Waals surface area contributed by atoms with Crippen LogP contribution in [0.25, 0.3) is 27.9 Å². The molecule has 2 amide bonds. The molecule has 1 aliphatic carbocycles. The number of aromatic nitrogens is 4. The van der Waals surface area contributed by atoms with Crippen LogP contribution in [0.5, 0.6) is 0 Å². The summed E-state index contributed by atoms with van der Waals surface area (Å²) in [5.41, 5.74) is 4.33. The average Bonchev–Trinajstić information content (AvgIpc) is 3.72. The third-order valence-electron chi connectivity index (χ3n) is 10.3. The number of methoxy groups -OCH3 is 1. The number of ether oxygens (including phenoxy) is 1. The highest BCUT2D eigenvalue weighted by Gasteiger charge is 2.40. The van der Waals surface area contributed by atoms with Crippen molar-refractivity contribution >= 4 is 34.4 Å². The molecule has 6 heterocycles. The maximum Gasteiger partial charge on any atom is 0.408 e. The van der Waals surface area contributed by atoms with Crippen molar-refractivity contribution in [3.05, 3.63) is 47.7 Å². The highest BCUT2D eigenvalue weighted by atomic mass is 19.1. The van der Waals surface area contributed by atoms with Crippen LogP contribution >= 0.6 is 0 Å². The normalized spacial score (nSPS) is 21.0. The van der Waals surface area contributed by atoms with Crippen molar-refractivity contribution in [1.29, 1.82) is 0 Å². The second kappa shape index (κ2) is 12.4. The number of carbonyl (C=O) groups excluding carboxylic acids is 1. The number of pyridine rings is 2. The van der Waals surface area contributed by atoms with Crippen molar-refractivity contribution in [2.24, 2.45) is 5.92 Å². The third-order valence-corrected chi connectivity index (χ3v) is 10.3. The van der Waals surface area contributed by atoms with Crippen molar-refractivity contribution < 1.29 is 23.8 Å². The Kier molecular flexibility index (Phi) is 8.33. The van der Waals surface area contributed by atoms with E-state index in [4.69, 9.17) is 14.8 Å². The first-order valence-corrected chi connectivity index (χ1v) is 17.1. The Balaban J connectivity index is 1.20. The summed E-state index contributed by atoms with van der Waals surface area (Å²) in [5, 5.41) is 16.0. The molecule has 48 heavy (non-hydrogen) atoms. The molecule has 2 saturated heterocycles.